The summed E-state index contributed by atoms with van der Waals surface area (Å²) in [6, 6.07) is 8.47. The van der Waals surface area contributed by atoms with Crippen molar-refractivity contribution < 1.29 is 4.79 Å². The number of aromatic nitrogens is 4. The van der Waals surface area contributed by atoms with E-state index in [2.05, 4.69) is 20.5 Å². The summed E-state index contributed by atoms with van der Waals surface area (Å²) in [6.45, 7) is 3.96. The third kappa shape index (κ3) is 4.02. The molecule has 0 spiro atoms. The number of thioether (sulfide) groups is 1. The Hall–Kier alpha value is -2.32. The van der Waals surface area contributed by atoms with Gasteiger partial charge in [0, 0.05) is 22.5 Å². The number of rotatable bonds is 5. The van der Waals surface area contributed by atoms with Crippen molar-refractivity contribution in [3.8, 4) is 0 Å². The molecule has 0 fully saturated rings. The van der Waals surface area contributed by atoms with Crippen molar-refractivity contribution in [1.29, 1.82) is 0 Å². The minimum absolute atomic E-state index is 0.112. The van der Waals surface area contributed by atoms with Crippen LogP contribution in [0.2, 0.25) is 5.02 Å². The largest absolute Gasteiger partial charge is 0.325 e. The fourth-order valence-electron chi connectivity index (χ4n) is 2.34. The zero-order valence-electron chi connectivity index (χ0n) is 13.6. The number of carbonyl (C=O) groups excluding carboxylic acids is 1. The first kappa shape index (κ1) is 17.5. The van der Waals surface area contributed by atoms with Gasteiger partial charge in [0.05, 0.1) is 5.75 Å². The maximum atomic E-state index is 12.1. The van der Waals surface area contributed by atoms with Crippen molar-refractivity contribution in [2.75, 3.05) is 11.1 Å². The molecule has 3 aromatic rings. The quantitative estimate of drug-likeness (QED) is 0.667. The van der Waals surface area contributed by atoms with Gasteiger partial charge in [-0.25, -0.2) is 0 Å². The summed E-state index contributed by atoms with van der Waals surface area (Å²) < 4.78 is 1.77. The first-order valence-electron chi connectivity index (χ1n) is 7.60. The van der Waals surface area contributed by atoms with E-state index < -0.39 is 0 Å². The Kier molecular flexibility index (Phi) is 5.10. The van der Waals surface area contributed by atoms with E-state index in [1.165, 1.54) is 17.8 Å². The van der Waals surface area contributed by atoms with Crippen LogP contribution in [-0.4, -0.2) is 31.2 Å². The predicted molar refractivity (Wildman–Crippen MR) is 98.5 cm³/mol. The summed E-state index contributed by atoms with van der Waals surface area (Å²) in [5, 5.41) is 11.9. The fraction of sp³-hybridized carbons (Fsp3) is 0.250. The van der Waals surface area contributed by atoms with Crippen LogP contribution in [0.15, 0.2) is 40.3 Å². The molecule has 0 bridgehead atoms. The highest BCUT2D eigenvalue weighted by atomic mass is 35.5. The summed E-state index contributed by atoms with van der Waals surface area (Å²) in [4.78, 5) is 26.5. The summed E-state index contributed by atoms with van der Waals surface area (Å²) >= 11 is 7.15. The standard InChI is InChI=1S/C16H16ClN5O2S/c1-9(2)12-7-13(23)19-15-20-21-16(22(12)15)25-8-14(24)18-11-5-3-4-10(17)6-11/h3-7,9H,8H2,1-2H3,(H,18,24)(H,19,20,23). The molecule has 130 valence electrons. The van der Waals surface area contributed by atoms with E-state index in [9.17, 15) is 9.59 Å². The Balaban J connectivity index is 1.77. The van der Waals surface area contributed by atoms with Crippen molar-refractivity contribution in [2.24, 2.45) is 0 Å². The van der Waals surface area contributed by atoms with Gasteiger partial charge in [-0.1, -0.05) is 43.3 Å². The topological polar surface area (TPSA) is 92.2 Å². The van der Waals surface area contributed by atoms with Gasteiger partial charge in [0.15, 0.2) is 5.16 Å². The zero-order valence-corrected chi connectivity index (χ0v) is 15.2. The second kappa shape index (κ2) is 7.28. The molecule has 3 rings (SSSR count). The van der Waals surface area contributed by atoms with Gasteiger partial charge in [-0.2, -0.15) is 0 Å². The normalized spacial score (nSPS) is 11.2. The molecular formula is C16H16ClN5O2S. The highest BCUT2D eigenvalue weighted by Crippen LogP contribution is 2.22. The second-order valence-electron chi connectivity index (χ2n) is 5.70. The molecule has 1 aromatic carbocycles. The molecule has 2 aromatic heterocycles. The lowest BCUT2D eigenvalue weighted by molar-refractivity contribution is -0.113. The maximum absolute atomic E-state index is 12.1. The lowest BCUT2D eigenvalue weighted by Crippen LogP contribution is -2.15. The highest BCUT2D eigenvalue weighted by molar-refractivity contribution is 7.99. The molecule has 25 heavy (non-hydrogen) atoms. The van der Waals surface area contributed by atoms with Crippen LogP contribution in [0.1, 0.15) is 25.5 Å². The van der Waals surface area contributed by atoms with Crippen molar-refractivity contribution in [3.63, 3.8) is 0 Å². The first-order valence-corrected chi connectivity index (χ1v) is 8.97. The Morgan fingerprint density at radius 2 is 2.16 bits per heavy atom. The SMILES string of the molecule is CC(C)c1cc(=O)[nH]c2nnc(SCC(=O)Nc3cccc(Cl)c3)n12. The van der Waals surface area contributed by atoms with Crippen molar-refractivity contribution in [2.45, 2.75) is 24.9 Å². The molecule has 0 atom stereocenters. The number of nitrogens with one attached hydrogen (secondary N) is 2. The number of carbonyl (C=O) groups is 1. The average Bonchev–Trinajstić information content (AvgIpc) is 2.94. The van der Waals surface area contributed by atoms with Gasteiger partial charge in [0.2, 0.25) is 11.7 Å². The average molecular weight is 378 g/mol. The molecule has 0 unspecified atom stereocenters. The van der Waals surface area contributed by atoms with E-state index >= 15 is 0 Å². The number of fused-ring (bicyclic) bond motifs is 1. The van der Waals surface area contributed by atoms with E-state index in [1.807, 2.05) is 13.8 Å². The second-order valence-corrected chi connectivity index (χ2v) is 7.08. The van der Waals surface area contributed by atoms with E-state index in [-0.39, 0.29) is 23.1 Å². The third-order valence-electron chi connectivity index (χ3n) is 3.44. The first-order chi connectivity index (χ1) is 11.9. The van der Waals surface area contributed by atoms with E-state index in [0.717, 1.165) is 5.69 Å². The van der Waals surface area contributed by atoms with Crippen LogP contribution in [-0.2, 0) is 4.79 Å². The van der Waals surface area contributed by atoms with E-state index in [4.69, 9.17) is 11.6 Å². The van der Waals surface area contributed by atoms with Gasteiger partial charge >= 0.3 is 0 Å². The molecule has 0 aliphatic carbocycles. The molecule has 2 N–H and O–H groups in total. The fourth-order valence-corrected chi connectivity index (χ4v) is 3.28. The van der Waals surface area contributed by atoms with Gasteiger partial charge < -0.3 is 5.32 Å². The molecule has 0 saturated carbocycles. The van der Waals surface area contributed by atoms with Gasteiger partial charge in [-0.15, -0.1) is 10.2 Å². The van der Waals surface area contributed by atoms with Gasteiger partial charge in [0.1, 0.15) is 0 Å². The minimum atomic E-state index is -0.223. The van der Waals surface area contributed by atoms with Crippen LogP contribution in [0.4, 0.5) is 5.69 Å². The number of hydrogen-bond acceptors (Lipinski definition) is 5. The number of aromatic amines is 1. The monoisotopic (exact) mass is 377 g/mol. The van der Waals surface area contributed by atoms with Crippen molar-refractivity contribution in [3.05, 3.63) is 51.4 Å². The molecule has 0 aliphatic heterocycles. The van der Waals surface area contributed by atoms with Gasteiger partial charge in [0.25, 0.3) is 5.56 Å². The molecule has 9 heteroatoms. The van der Waals surface area contributed by atoms with Crippen LogP contribution >= 0.6 is 23.4 Å². The molecule has 0 saturated heterocycles. The number of hydrogen-bond donors (Lipinski definition) is 2. The Bertz CT molecular complexity index is 982. The lowest BCUT2D eigenvalue weighted by Gasteiger charge is -2.10. The number of amides is 1. The van der Waals surface area contributed by atoms with Crippen molar-refractivity contribution in [1.82, 2.24) is 19.6 Å². The van der Waals surface area contributed by atoms with E-state index in [0.29, 0.717) is 21.6 Å². The van der Waals surface area contributed by atoms with Crippen LogP contribution < -0.4 is 10.9 Å². The van der Waals surface area contributed by atoms with Crippen LogP contribution in [0.25, 0.3) is 5.78 Å². The van der Waals surface area contributed by atoms with Gasteiger partial charge in [-0.05, 0) is 24.1 Å². The van der Waals surface area contributed by atoms with E-state index in [1.54, 1.807) is 28.7 Å². The maximum Gasteiger partial charge on any atom is 0.252 e. The predicted octanol–water partition coefficient (Wildman–Crippen LogP) is 2.93. The minimum Gasteiger partial charge on any atom is -0.325 e. The van der Waals surface area contributed by atoms with Gasteiger partial charge in [-0.3, -0.25) is 19.0 Å². The smallest absolute Gasteiger partial charge is 0.252 e. The third-order valence-corrected chi connectivity index (χ3v) is 4.60. The van der Waals surface area contributed by atoms with Crippen LogP contribution in [0.5, 0.6) is 0 Å². The van der Waals surface area contributed by atoms with Crippen LogP contribution in [0.3, 0.4) is 0 Å². The van der Waals surface area contributed by atoms with Crippen molar-refractivity contribution >= 4 is 40.7 Å². The number of halogens is 1. The number of H-pyrrole nitrogens is 1. The Labute approximate surface area is 152 Å². The summed E-state index contributed by atoms with van der Waals surface area (Å²) in [5.41, 5.74) is 1.21. The summed E-state index contributed by atoms with van der Waals surface area (Å²) in [6.07, 6.45) is 0. The zero-order chi connectivity index (χ0) is 18.0. The number of anilines is 1. The molecule has 7 nitrogen and oxygen atoms in total. The molecule has 0 aliphatic rings. The number of benzene rings is 1. The Morgan fingerprint density at radius 3 is 2.88 bits per heavy atom. The molecular weight excluding hydrogens is 362 g/mol. The molecule has 2 heterocycles. The molecule has 1 amide bonds. The summed E-state index contributed by atoms with van der Waals surface area (Å²) in [7, 11) is 0. The Morgan fingerprint density at radius 1 is 1.36 bits per heavy atom. The van der Waals surface area contributed by atoms with Crippen LogP contribution in [0, 0.1) is 0 Å². The number of nitrogens with zero attached hydrogens (tertiary/aromatic N) is 3. The highest BCUT2D eigenvalue weighted by Gasteiger charge is 2.15. The molecule has 0 radical (unpaired) electrons. The summed E-state index contributed by atoms with van der Waals surface area (Å²) in [5.74, 6) is 0.457. The lowest BCUT2D eigenvalue weighted by atomic mass is 10.1.